The number of allylic oxidation sites excluding steroid dienone is 1. The molecule has 1 unspecified atom stereocenters. The maximum Gasteiger partial charge on any atom is 0.338 e. The Morgan fingerprint density at radius 2 is 1.85 bits per heavy atom. The van der Waals surface area contributed by atoms with Crippen molar-refractivity contribution in [3.8, 4) is 0 Å². The molecule has 1 aromatic rings. The number of hydrogen-bond acceptors (Lipinski definition) is 4. The molecule has 1 fully saturated rings. The van der Waals surface area contributed by atoms with Crippen LogP contribution in [0.5, 0.6) is 0 Å². The minimum absolute atomic E-state index is 0. The van der Waals surface area contributed by atoms with Crippen molar-refractivity contribution in [2.24, 2.45) is 5.92 Å². The molecule has 2 amide bonds. The zero-order valence-corrected chi connectivity index (χ0v) is 16.4. The van der Waals surface area contributed by atoms with Crippen LogP contribution in [-0.2, 0) is 9.53 Å². The first kappa shape index (κ1) is 21.1. The van der Waals surface area contributed by atoms with Crippen LogP contribution >= 0.6 is 12.4 Å². The van der Waals surface area contributed by atoms with Crippen LogP contribution in [0.3, 0.4) is 0 Å². The Bertz CT molecular complexity index is 697. The number of halogens is 1. The standard InChI is InChI=1S/C20H27N3O3.ClH/c1-2-16-17(19(24)26-12-13-6-4-3-5-7-13)18(23-20(25)22-16)14-8-10-15(21)11-9-14;/h8-11,13,18H,2-7,12,21H2,1H3,(H2,22,23,25);1H. The molecule has 1 aliphatic carbocycles. The van der Waals surface area contributed by atoms with Crippen molar-refractivity contribution < 1.29 is 14.3 Å². The number of hydrogen-bond donors (Lipinski definition) is 3. The van der Waals surface area contributed by atoms with Crippen molar-refractivity contribution in [3.63, 3.8) is 0 Å². The Morgan fingerprint density at radius 1 is 1.19 bits per heavy atom. The molecule has 27 heavy (non-hydrogen) atoms. The summed E-state index contributed by atoms with van der Waals surface area (Å²) in [6, 6.07) is 6.34. The normalized spacial score (nSPS) is 20.3. The van der Waals surface area contributed by atoms with Crippen LogP contribution in [0.25, 0.3) is 0 Å². The van der Waals surface area contributed by atoms with Crippen LogP contribution < -0.4 is 16.4 Å². The average molecular weight is 394 g/mol. The maximum atomic E-state index is 12.9. The molecular weight excluding hydrogens is 366 g/mol. The van der Waals surface area contributed by atoms with Gasteiger partial charge in [-0.05, 0) is 42.9 Å². The van der Waals surface area contributed by atoms with E-state index in [1.807, 2.05) is 19.1 Å². The molecule has 4 N–H and O–H groups in total. The molecule has 6 nitrogen and oxygen atoms in total. The number of esters is 1. The molecule has 2 aliphatic rings. The Hall–Kier alpha value is -2.21. The van der Waals surface area contributed by atoms with Crippen molar-refractivity contribution in [2.45, 2.75) is 51.5 Å². The van der Waals surface area contributed by atoms with Crippen molar-refractivity contribution in [2.75, 3.05) is 12.3 Å². The summed E-state index contributed by atoms with van der Waals surface area (Å²) >= 11 is 0. The Kier molecular flexibility index (Phi) is 7.54. The number of nitrogen functional groups attached to an aromatic ring is 1. The predicted octanol–water partition coefficient (Wildman–Crippen LogP) is 3.83. The smallest absolute Gasteiger partial charge is 0.338 e. The number of nitrogens with two attached hydrogens (primary N) is 1. The molecule has 1 atom stereocenters. The van der Waals surface area contributed by atoms with E-state index in [0.717, 1.165) is 18.4 Å². The van der Waals surface area contributed by atoms with Gasteiger partial charge in [-0.2, -0.15) is 0 Å². The lowest BCUT2D eigenvalue weighted by atomic mass is 9.90. The van der Waals surface area contributed by atoms with E-state index in [-0.39, 0.29) is 24.4 Å². The minimum Gasteiger partial charge on any atom is -0.462 e. The summed E-state index contributed by atoms with van der Waals surface area (Å²) < 4.78 is 5.65. The number of carbonyl (C=O) groups is 2. The number of ether oxygens (including phenoxy) is 1. The van der Waals surface area contributed by atoms with E-state index >= 15 is 0 Å². The third kappa shape index (κ3) is 5.16. The highest BCUT2D eigenvalue weighted by molar-refractivity contribution is 5.95. The monoisotopic (exact) mass is 393 g/mol. The fourth-order valence-electron chi connectivity index (χ4n) is 3.70. The number of benzene rings is 1. The number of urea groups is 1. The van der Waals surface area contributed by atoms with Gasteiger partial charge in [-0.15, -0.1) is 12.4 Å². The lowest BCUT2D eigenvalue weighted by Gasteiger charge is -2.30. The zero-order chi connectivity index (χ0) is 18.5. The summed E-state index contributed by atoms with van der Waals surface area (Å²) in [6.07, 6.45) is 6.46. The first-order valence-electron chi connectivity index (χ1n) is 9.41. The van der Waals surface area contributed by atoms with Crippen LogP contribution in [0.15, 0.2) is 35.5 Å². The van der Waals surface area contributed by atoms with E-state index in [0.29, 0.717) is 35.9 Å². The molecule has 0 saturated heterocycles. The van der Waals surface area contributed by atoms with E-state index in [4.69, 9.17) is 10.5 Å². The second-order valence-electron chi connectivity index (χ2n) is 7.05. The highest BCUT2D eigenvalue weighted by Crippen LogP contribution is 2.30. The lowest BCUT2D eigenvalue weighted by Crippen LogP contribution is -2.46. The van der Waals surface area contributed by atoms with Crippen LogP contribution in [0.1, 0.15) is 57.1 Å². The van der Waals surface area contributed by atoms with Gasteiger partial charge in [-0.25, -0.2) is 9.59 Å². The third-order valence-corrected chi connectivity index (χ3v) is 5.17. The summed E-state index contributed by atoms with van der Waals surface area (Å²) in [5.74, 6) is 0.0845. The molecule has 0 spiro atoms. The van der Waals surface area contributed by atoms with E-state index in [1.165, 1.54) is 19.3 Å². The van der Waals surface area contributed by atoms with Crippen molar-refractivity contribution >= 4 is 30.1 Å². The van der Waals surface area contributed by atoms with Gasteiger partial charge >= 0.3 is 12.0 Å². The summed E-state index contributed by atoms with van der Waals surface area (Å²) in [4.78, 5) is 24.9. The zero-order valence-electron chi connectivity index (χ0n) is 15.6. The molecule has 1 saturated carbocycles. The van der Waals surface area contributed by atoms with Crippen LogP contribution in [0, 0.1) is 5.92 Å². The largest absolute Gasteiger partial charge is 0.462 e. The molecule has 1 aromatic carbocycles. The lowest BCUT2D eigenvalue weighted by molar-refractivity contribution is -0.141. The average Bonchev–Trinajstić information content (AvgIpc) is 2.66. The first-order valence-corrected chi connectivity index (χ1v) is 9.41. The number of rotatable bonds is 5. The van der Waals surface area contributed by atoms with Crippen molar-refractivity contribution in [1.29, 1.82) is 0 Å². The number of amides is 2. The van der Waals surface area contributed by atoms with Crippen LogP contribution in [-0.4, -0.2) is 18.6 Å². The van der Waals surface area contributed by atoms with Crippen LogP contribution in [0.4, 0.5) is 10.5 Å². The molecule has 7 heteroatoms. The highest BCUT2D eigenvalue weighted by Gasteiger charge is 2.33. The van der Waals surface area contributed by atoms with Crippen LogP contribution in [0.2, 0.25) is 0 Å². The van der Waals surface area contributed by atoms with Gasteiger partial charge in [0.05, 0.1) is 18.2 Å². The SMILES string of the molecule is CCC1=C(C(=O)OCC2CCCCC2)C(c2ccc(N)cc2)NC(=O)N1.Cl. The number of carbonyl (C=O) groups excluding carboxylic acids is 2. The van der Waals surface area contributed by atoms with Gasteiger partial charge in [0.1, 0.15) is 0 Å². The van der Waals surface area contributed by atoms with Gasteiger partial charge < -0.3 is 21.1 Å². The van der Waals surface area contributed by atoms with Gasteiger partial charge in [0.2, 0.25) is 0 Å². The van der Waals surface area contributed by atoms with Gasteiger partial charge in [0, 0.05) is 11.4 Å². The summed E-state index contributed by atoms with van der Waals surface area (Å²) in [6.45, 7) is 2.36. The molecule has 1 heterocycles. The second-order valence-corrected chi connectivity index (χ2v) is 7.05. The molecular formula is C20H28ClN3O3. The van der Waals surface area contributed by atoms with Gasteiger partial charge in [-0.1, -0.05) is 38.3 Å². The Labute approximate surface area is 166 Å². The van der Waals surface area contributed by atoms with E-state index in [2.05, 4.69) is 10.6 Å². The van der Waals surface area contributed by atoms with Gasteiger partial charge in [0.15, 0.2) is 0 Å². The molecule has 1 aliphatic heterocycles. The third-order valence-electron chi connectivity index (χ3n) is 5.17. The molecule has 3 rings (SSSR count). The van der Waals surface area contributed by atoms with Crippen molar-refractivity contribution in [3.05, 3.63) is 41.1 Å². The highest BCUT2D eigenvalue weighted by atomic mass is 35.5. The minimum atomic E-state index is -0.529. The van der Waals surface area contributed by atoms with Crippen molar-refractivity contribution in [1.82, 2.24) is 10.6 Å². The second kappa shape index (κ2) is 9.65. The topological polar surface area (TPSA) is 93.4 Å². The van der Waals surface area contributed by atoms with E-state index in [1.54, 1.807) is 12.1 Å². The van der Waals surface area contributed by atoms with Gasteiger partial charge in [0.25, 0.3) is 0 Å². The molecule has 0 aromatic heterocycles. The summed E-state index contributed by atoms with van der Waals surface area (Å²) in [5.41, 5.74) is 8.30. The van der Waals surface area contributed by atoms with E-state index < -0.39 is 6.04 Å². The van der Waals surface area contributed by atoms with E-state index in [9.17, 15) is 9.59 Å². The molecule has 0 radical (unpaired) electrons. The predicted molar refractivity (Wildman–Crippen MR) is 107 cm³/mol. The Balaban J connectivity index is 0.00000261. The fraction of sp³-hybridized carbons (Fsp3) is 0.500. The Morgan fingerprint density at radius 3 is 2.48 bits per heavy atom. The molecule has 0 bridgehead atoms. The maximum absolute atomic E-state index is 12.9. The number of nitrogens with one attached hydrogen (secondary N) is 2. The molecule has 148 valence electrons. The van der Waals surface area contributed by atoms with Gasteiger partial charge in [-0.3, -0.25) is 0 Å². The fourth-order valence-corrected chi connectivity index (χ4v) is 3.70. The first-order chi connectivity index (χ1) is 12.6. The summed E-state index contributed by atoms with van der Waals surface area (Å²) in [5, 5.41) is 5.59. The summed E-state index contributed by atoms with van der Waals surface area (Å²) in [7, 11) is 0. The number of anilines is 1. The quantitative estimate of drug-likeness (QED) is 0.523.